The fourth-order valence-electron chi connectivity index (χ4n) is 2.21. The first kappa shape index (κ1) is 16.0. The number of alkyl carbamates (subject to hydrolysis) is 1. The van der Waals surface area contributed by atoms with E-state index >= 15 is 0 Å². The lowest BCUT2D eigenvalue weighted by molar-refractivity contribution is -0.124. The number of rotatable bonds is 3. The molecule has 6 nitrogen and oxygen atoms in total. The van der Waals surface area contributed by atoms with Crippen molar-refractivity contribution in [2.75, 3.05) is 0 Å². The van der Waals surface area contributed by atoms with E-state index < -0.39 is 17.7 Å². The highest BCUT2D eigenvalue weighted by Crippen LogP contribution is 2.15. The van der Waals surface area contributed by atoms with E-state index in [1.807, 2.05) is 30.3 Å². The number of hydrogen-bond donors (Lipinski definition) is 2. The molecule has 0 aromatic heterocycles. The summed E-state index contributed by atoms with van der Waals surface area (Å²) in [5.74, 6) is -0.557. The normalized spacial score (nSPS) is 21.1. The van der Waals surface area contributed by atoms with Crippen LogP contribution in [0.4, 0.5) is 4.79 Å². The first-order valence-corrected chi connectivity index (χ1v) is 7.21. The minimum atomic E-state index is -0.701. The molecule has 0 fully saturated rings. The van der Waals surface area contributed by atoms with Crippen molar-refractivity contribution in [2.45, 2.75) is 38.8 Å². The van der Waals surface area contributed by atoms with Gasteiger partial charge in [0, 0.05) is 12.1 Å². The predicted molar refractivity (Wildman–Crippen MR) is 83.4 cm³/mol. The van der Waals surface area contributed by atoms with E-state index in [9.17, 15) is 9.59 Å². The van der Waals surface area contributed by atoms with Crippen LogP contribution >= 0.6 is 0 Å². The van der Waals surface area contributed by atoms with Gasteiger partial charge in [0.25, 0.3) is 5.91 Å². The first-order valence-electron chi connectivity index (χ1n) is 7.21. The van der Waals surface area contributed by atoms with E-state index in [4.69, 9.17) is 4.74 Å². The fraction of sp³-hybridized carbons (Fsp3) is 0.438. The summed E-state index contributed by atoms with van der Waals surface area (Å²) in [7, 11) is 0. The van der Waals surface area contributed by atoms with Crippen LogP contribution in [0, 0.1) is 5.92 Å². The fourth-order valence-corrected chi connectivity index (χ4v) is 2.21. The predicted octanol–water partition coefficient (Wildman–Crippen LogP) is 1.85. The Labute approximate surface area is 129 Å². The van der Waals surface area contributed by atoms with Gasteiger partial charge in [0.15, 0.2) is 0 Å². The van der Waals surface area contributed by atoms with Gasteiger partial charge in [-0.2, -0.15) is 5.10 Å². The van der Waals surface area contributed by atoms with Gasteiger partial charge < -0.3 is 10.1 Å². The highest BCUT2D eigenvalue weighted by Gasteiger charge is 2.33. The van der Waals surface area contributed by atoms with Crippen molar-refractivity contribution >= 4 is 18.2 Å². The largest absolute Gasteiger partial charge is 0.444 e. The van der Waals surface area contributed by atoms with E-state index in [0.717, 1.165) is 5.56 Å². The molecular weight excluding hydrogens is 282 g/mol. The third kappa shape index (κ3) is 4.58. The molecule has 2 rings (SSSR count). The van der Waals surface area contributed by atoms with Gasteiger partial charge in [-0.05, 0) is 32.8 Å². The van der Waals surface area contributed by atoms with Crippen molar-refractivity contribution in [1.82, 2.24) is 10.7 Å². The van der Waals surface area contributed by atoms with E-state index in [-0.39, 0.29) is 11.8 Å². The zero-order chi connectivity index (χ0) is 16.2. The second kappa shape index (κ2) is 6.60. The number of amides is 2. The minimum Gasteiger partial charge on any atom is -0.444 e. The molecule has 1 aromatic rings. The molecule has 2 N–H and O–H groups in total. The topological polar surface area (TPSA) is 79.8 Å². The van der Waals surface area contributed by atoms with Crippen molar-refractivity contribution in [1.29, 1.82) is 0 Å². The summed E-state index contributed by atoms with van der Waals surface area (Å²) in [6, 6.07) is 9.06. The summed E-state index contributed by atoms with van der Waals surface area (Å²) in [6.45, 7) is 5.32. The van der Waals surface area contributed by atoms with Gasteiger partial charge in [0.1, 0.15) is 11.6 Å². The molecule has 6 heteroatoms. The van der Waals surface area contributed by atoms with Crippen LogP contribution < -0.4 is 10.7 Å². The maximum Gasteiger partial charge on any atom is 0.408 e. The Balaban J connectivity index is 2.07. The summed E-state index contributed by atoms with van der Waals surface area (Å²) < 4.78 is 5.21. The number of carbonyl (C=O) groups is 2. The molecule has 2 unspecified atom stereocenters. The molecule has 118 valence electrons. The van der Waals surface area contributed by atoms with E-state index in [2.05, 4.69) is 15.8 Å². The minimum absolute atomic E-state index is 0.219. The second-order valence-corrected chi connectivity index (χ2v) is 6.23. The molecule has 1 aliphatic rings. The number of carbonyl (C=O) groups excluding carboxylic acids is 2. The van der Waals surface area contributed by atoms with Crippen LogP contribution in [-0.2, 0) is 16.0 Å². The van der Waals surface area contributed by atoms with Gasteiger partial charge >= 0.3 is 6.09 Å². The van der Waals surface area contributed by atoms with Crippen molar-refractivity contribution < 1.29 is 14.3 Å². The molecule has 1 heterocycles. The zero-order valence-corrected chi connectivity index (χ0v) is 13.0. The molecule has 0 aliphatic carbocycles. The van der Waals surface area contributed by atoms with Crippen LogP contribution in [0.25, 0.3) is 0 Å². The molecule has 1 aliphatic heterocycles. The Kier molecular flexibility index (Phi) is 4.80. The van der Waals surface area contributed by atoms with Crippen molar-refractivity contribution in [2.24, 2.45) is 11.0 Å². The average molecular weight is 303 g/mol. The Morgan fingerprint density at radius 2 is 2.00 bits per heavy atom. The highest BCUT2D eigenvalue weighted by molar-refractivity contribution is 5.91. The third-order valence-electron chi connectivity index (χ3n) is 3.14. The lowest BCUT2D eigenvalue weighted by Gasteiger charge is -2.28. The second-order valence-electron chi connectivity index (χ2n) is 6.23. The van der Waals surface area contributed by atoms with Crippen LogP contribution in [0.15, 0.2) is 35.4 Å². The number of nitrogens with zero attached hydrogens (tertiary/aromatic N) is 1. The molecule has 0 bridgehead atoms. The van der Waals surface area contributed by atoms with E-state index in [1.54, 1.807) is 27.0 Å². The Bertz CT molecular complexity index is 564. The van der Waals surface area contributed by atoms with Gasteiger partial charge in [0.2, 0.25) is 0 Å². The summed E-state index contributed by atoms with van der Waals surface area (Å²) in [6.07, 6.45) is 1.65. The Hall–Kier alpha value is -2.37. The van der Waals surface area contributed by atoms with Gasteiger partial charge in [-0.25, -0.2) is 10.2 Å². The Morgan fingerprint density at radius 3 is 2.64 bits per heavy atom. The maximum atomic E-state index is 12.0. The zero-order valence-electron chi connectivity index (χ0n) is 13.0. The van der Waals surface area contributed by atoms with Gasteiger partial charge in [0.05, 0.1) is 0 Å². The number of hydrogen-bond acceptors (Lipinski definition) is 4. The summed E-state index contributed by atoms with van der Waals surface area (Å²) in [5, 5.41) is 6.48. The van der Waals surface area contributed by atoms with Crippen molar-refractivity contribution in [3.05, 3.63) is 35.9 Å². The van der Waals surface area contributed by atoms with Crippen LogP contribution in [0.1, 0.15) is 26.3 Å². The molecule has 2 atom stereocenters. The highest BCUT2D eigenvalue weighted by atomic mass is 16.6. The molecule has 22 heavy (non-hydrogen) atoms. The van der Waals surface area contributed by atoms with Gasteiger partial charge in [-0.1, -0.05) is 30.3 Å². The lowest BCUT2D eigenvalue weighted by atomic mass is 9.92. The number of nitrogens with one attached hydrogen (secondary N) is 2. The maximum absolute atomic E-state index is 12.0. The molecule has 1 aromatic carbocycles. The number of benzene rings is 1. The van der Waals surface area contributed by atoms with Crippen molar-refractivity contribution in [3.8, 4) is 0 Å². The smallest absolute Gasteiger partial charge is 0.408 e. The van der Waals surface area contributed by atoms with Gasteiger partial charge in [-0.3, -0.25) is 4.79 Å². The first-order chi connectivity index (χ1) is 10.3. The average Bonchev–Trinajstić information content (AvgIpc) is 2.42. The van der Waals surface area contributed by atoms with E-state index in [0.29, 0.717) is 6.42 Å². The summed E-state index contributed by atoms with van der Waals surface area (Å²) >= 11 is 0. The van der Waals surface area contributed by atoms with Gasteiger partial charge in [-0.15, -0.1) is 0 Å². The molecule has 0 saturated heterocycles. The number of ether oxygens (including phenoxy) is 1. The summed E-state index contributed by atoms with van der Waals surface area (Å²) in [5.41, 5.74) is 2.84. The monoisotopic (exact) mass is 303 g/mol. The van der Waals surface area contributed by atoms with Crippen LogP contribution in [0.3, 0.4) is 0 Å². The SMILES string of the molecule is CC(C)(C)OC(=O)NC1C(=O)NN=CC1Cc1ccccc1. The molecule has 2 amide bonds. The summed E-state index contributed by atoms with van der Waals surface area (Å²) in [4.78, 5) is 23.9. The quantitative estimate of drug-likeness (QED) is 0.894. The van der Waals surface area contributed by atoms with Crippen LogP contribution in [0.5, 0.6) is 0 Å². The molecule has 0 spiro atoms. The third-order valence-corrected chi connectivity index (χ3v) is 3.14. The molecular formula is C16H21N3O3. The molecule has 0 saturated carbocycles. The standard InChI is InChI=1S/C16H21N3O3/c1-16(2,3)22-15(21)18-13-12(10-17-19-14(13)20)9-11-7-5-4-6-8-11/h4-8,10,12-13H,9H2,1-3H3,(H,18,21)(H,19,20). The molecule has 0 radical (unpaired) electrons. The van der Waals surface area contributed by atoms with Crippen LogP contribution in [0.2, 0.25) is 0 Å². The van der Waals surface area contributed by atoms with Crippen LogP contribution in [-0.4, -0.2) is 29.9 Å². The Morgan fingerprint density at radius 1 is 1.32 bits per heavy atom. The lowest BCUT2D eigenvalue weighted by Crippen LogP contribution is -2.54. The van der Waals surface area contributed by atoms with Crippen molar-refractivity contribution in [3.63, 3.8) is 0 Å². The number of hydrazone groups is 1. The van der Waals surface area contributed by atoms with E-state index in [1.165, 1.54) is 0 Å².